The lowest BCUT2D eigenvalue weighted by Gasteiger charge is -2.35. The van der Waals surface area contributed by atoms with Gasteiger partial charge < -0.3 is 35.5 Å². The number of benzene rings is 5. The molecule has 24 heteroatoms. The van der Waals surface area contributed by atoms with Crippen LogP contribution >= 0.6 is 23.2 Å². The molecule has 2 aliphatic rings. The molecule has 7 rings (SSSR count). The number of rotatable bonds is 26. The van der Waals surface area contributed by atoms with Gasteiger partial charge in [0.2, 0.25) is 17.8 Å². The topological polar surface area (TPSA) is 291 Å². The van der Waals surface area contributed by atoms with Crippen LogP contribution in [0.4, 0.5) is 26.7 Å². The van der Waals surface area contributed by atoms with Crippen molar-refractivity contribution in [3.8, 4) is 11.5 Å². The molecule has 2 saturated heterocycles. The third-order valence-corrected chi connectivity index (χ3v) is 16.2. The molecule has 2 heterocycles. The Morgan fingerprint density at radius 2 is 1.22 bits per heavy atom. The highest BCUT2D eigenvalue weighted by Crippen LogP contribution is 2.39. The minimum Gasteiger partial charge on any atom is -0.480 e. The minimum absolute atomic E-state index is 0.0211. The summed E-state index contributed by atoms with van der Waals surface area (Å²) in [5, 5.41) is 10.7. The number of hydrogen-bond donors (Lipinski definition) is 5. The molecular weight excluding hydrogens is 1250 g/mol. The lowest BCUT2D eigenvalue weighted by Crippen LogP contribution is -2.56. The van der Waals surface area contributed by atoms with Crippen LogP contribution < -0.4 is 36.6 Å². The number of ketones is 3. The van der Waals surface area contributed by atoms with Crippen LogP contribution in [0.25, 0.3) is 0 Å². The number of aryl methyl sites for hydroxylation is 4. The SMILES string of the molecule is CCCCC(Oc1ccc(C)cc1C)C(=O)Nc1ccc(Cl)c(NC(=O)C(C(=O)C(=O)C(C)(C)C)N2C(=O)NC(C)(C)C2=O)c1.CCOC1C(=O)N(C(C(=O)C(C)(C)C)C(ON)c2cc(NC(=O)C(CC)Oc3ccc(C)cc3C)ccc2Cl)C(=O)N1Cc1ccccc1. The van der Waals surface area contributed by atoms with Gasteiger partial charge >= 0.3 is 12.1 Å². The predicted molar refractivity (Wildman–Crippen MR) is 358 cm³/mol. The van der Waals surface area contributed by atoms with Gasteiger partial charge in [-0.05, 0) is 133 Å². The maximum Gasteiger partial charge on any atom is 0.330 e. The smallest absolute Gasteiger partial charge is 0.330 e. The van der Waals surface area contributed by atoms with Gasteiger partial charge in [0, 0.05) is 39.4 Å². The van der Waals surface area contributed by atoms with Crippen LogP contribution in [0, 0.1) is 38.5 Å². The van der Waals surface area contributed by atoms with Crippen LogP contribution in [0.5, 0.6) is 11.5 Å². The Morgan fingerprint density at radius 3 is 1.72 bits per heavy atom. The molecule has 9 amide bonds. The number of carbonyl (C=O) groups is 10. The van der Waals surface area contributed by atoms with Gasteiger partial charge in [-0.1, -0.05) is 151 Å². The van der Waals surface area contributed by atoms with Gasteiger partial charge in [-0.15, -0.1) is 0 Å². The summed E-state index contributed by atoms with van der Waals surface area (Å²) in [6, 6.07) is 24.1. The highest BCUT2D eigenvalue weighted by molar-refractivity contribution is 6.46. The van der Waals surface area contributed by atoms with Crippen molar-refractivity contribution in [1.82, 2.24) is 20.0 Å². The molecular formula is C70H86Cl2N8O14. The molecule has 0 saturated carbocycles. The van der Waals surface area contributed by atoms with Crippen molar-refractivity contribution < 1.29 is 67.0 Å². The summed E-state index contributed by atoms with van der Waals surface area (Å²) in [5.74, 6) is 0.850. The number of halogens is 2. The summed E-state index contributed by atoms with van der Waals surface area (Å²) in [6.45, 7) is 25.8. The van der Waals surface area contributed by atoms with Gasteiger partial charge in [0.15, 0.2) is 24.0 Å². The van der Waals surface area contributed by atoms with Gasteiger partial charge in [-0.25, -0.2) is 25.3 Å². The van der Waals surface area contributed by atoms with E-state index >= 15 is 0 Å². The lowest BCUT2D eigenvalue weighted by atomic mass is 9.82. The Kier molecular flexibility index (Phi) is 25.0. The molecule has 6 atom stereocenters. The van der Waals surface area contributed by atoms with Crippen LogP contribution in [-0.2, 0) is 54.5 Å². The second kappa shape index (κ2) is 31.6. The molecule has 504 valence electrons. The third-order valence-electron chi connectivity index (χ3n) is 15.5. The first-order chi connectivity index (χ1) is 44.1. The van der Waals surface area contributed by atoms with Crippen molar-refractivity contribution >= 4 is 99.2 Å². The van der Waals surface area contributed by atoms with E-state index in [0.29, 0.717) is 34.9 Å². The van der Waals surface area contributed by atoms with E-state index in [4.69, 9.17) is 48.1 Å². The molecule has 0 radical (unpaired) electrons. The highest BCUT2D eigenvalue weighted by Gasteiger charge is 2.56. The molecule has 94 heavy (non-hydrogen) atoms. The highest BCUT2D eigenvalue weighted by atomic mass is 35.5. The summed E-state index contributed by atoms with van der Waals surface area (Å²) < 4.78 is 17.9. The molecule has 2 aliphatic heterocycles. The Bertz CT molecular complexity index is 3680. The van der Waals surface area contributed by atoms with Crippen molar-refractivity contribution in [2.24, 2.45) is 16.7 Å². The molecule has 2 fully saturated rings. The molecule has 0 aromatic heterocycles. The number of nitrogens with zero attached hydrogens (tertiary/aromatic N) is 3. The standard InChI is InChI=1S/C37H45ClN4O7.C33H41ClN4O7/c1-8-28(48-29-18-15-22(3)19-23(29)4)33(44)40-25-16-17-27(38)26(20-25)31(49-39)30(32(43)37(5,6)7)42-34(45)35(47-9-2)41(36(42)46)21-24-13-11-10-12-14-24;1-9-10-11-24(45-23-15-12-18(2)16-19(23)3)28(41)35-20-13-14-21(34)22(17-20)36-29(42)25(26(39)27(40)32(4,5)6)38-30(43)33(7,8)37-31(38)44/h10-20,28,30-31,35H,8-9,21,39H2,1-7H3,(H,40,44);12-17,24-25H,9-11H2,1-8H3,(H,35,41)(H,36,42)(H,37,44). The van der Waals surface area contributed by atoms with E-state index in [1.807, 2.05) is 108 Å². The molecule has 5 aromatic rings. The molecule has 0 spiro atoms. The fraction of sp³-hybridized carbons (Fsp3) is 0.429. The van der Waals surface area contributed by atoms with Gasteiger partial charge in [0.25, 0.3) is 29.5 Å². The maximum absolute atomic E-state index is 14.2. The summed E-state index contributed by atoms with van der Waals surface area (Å²) in [4.78, 5) is 143. The van der Waals surface area contributed by atoms with Crippen molar-refractivity contribution in [2.45, 2.75) is 178 Å². The monoisotopic (exact) mass is 1330 g/mol. The normalized spacial score (nSPS) is 16.2. The van der Waals surface area contributed by atoms with Crippen molar-refractivity contribution in [1.29, 1.82) is 0 Å². The molecule has 0 aliphatic carbocycles. The van der Waals surface area contributed by atoms with Gasteiger partial charge in [-0.2, -0.15) is 0 Å². The molecule has 0 bridgehead atoms. The average molecular weight is 1330 g/mol. The predicted octanol–water partition coefficient (Wildman–Crippen LogP) is 11.9. The van der Waals surface area contributed by atoms with Crippen LogP contribution in [0.3, 0.4) is 0 Å². The Hall–Kier alpha value is -8.54. The van der Waals surface area contributed by atoms with E-state index < -0.39 is 112 Å². The van der Waals surface area contributed by atoms with E-state index in [9.17, 15) is 47.9 Å². The molecule has 6 unspecified atom stereocenters. The number of nitrogens with two attached hydrogens (primary N) is 1. The van der Waals surface area contributed by atoms with Crippen LogP contribution in [0.2, 0.25) is 10.0 Å². The van der Waals surface area contributed by atoms with E-state index in [2.05, 4.69) is 21.3 Å². The summed E-state index contributed by atoms with van der Waals surface area (Å²) in [7, 11) is 0. The van der Waals surface area contributed by atoms with E-state index in [-0.39, 0.29) is 40.1 Å². The van der Waals surface area contributed by atoms with Gasteiger partial charge in [0.1, 0.15) is 29.2 Å². The number of carbonyl (C=O) groups excluding carboxylic acids is 10. The van der Waals surface area contributed by atoms with Crippen molar-refractivity contribution in [3.05, 3.63) is 147 Å². The molecule has 5 aromatic carbocycles. The third kappa shape index (κ3) is 18.0. The summed E-state index contributed by atoms with van der Waals surface area (Å²) >= 11 is 13.0. The van der Waals surface area contributed by atoms with E-state index in [0.717, 1.165) is 45.6 Å². The van der Waals surface area contributed by atoms with Crippen LogP contribution in [0.1, 0.15) is 141 Å². The first kappa shape index (κ1) is 74.5. The zero-order valence-electron chi connectivity index (χ0n) is 55.9. The number of imide groups is 2. The second-order valence-corrected chi connectivity index (χ2v) is 26.6. The number of Topliss-reactive ketones (excluding diaryl/α,β-unsaturated/α-hetero) is 3. The fourth-order valence-electron chi connectivity index (χ4n) is 10.4. The number of unbranched alkanes of at least 4 members (excludes halogenated alkanes) is 1. The average Bonchev–Trinajstić information content (AvgIpc) is 1.57. The fourth-order valence-corrected chi connectivity index (χ4v) is 10.8. The number of amides is 9. The zero-order chi connectivity index (χ0) is 69.9. The quantitative estimate of drug-likeness (QED) is 0.0149. The Morgan fingerprint density at radius 1 is 0.670 bits per heavy atom. The van der Waals surface area contributed by atoms with Crippen molar-refractivity contribution in [3.63, 3.8) is 0 Å². The maximum atomic E-state index is 14.2. The van der Waals surface area contributed by atoms with E-state index in [1.54, 1.807) is 33.8 Å². The zero-order valence-corrected chi connectivity index (χ0v) is 57.4. The number of ether oxygens (including phenoxy) is 3. The largest absolute Gasteiger partial charge is 0.480 e. The Balaban J connectivity index is 0.000000299. The molecule has 6 N–H and O–H groups in total. The van der Waals surface area contributed by atoms with Gasteiger partial charge in [-0.3, -0.25) is 48.1 Å². The molecule has 22 nitrogen and oxygen atoms in total. The number of nitrogens with one attached hydrogen (secondary N) is 4. The van der Waals surface area contributed by atoms with Crippen LogP contribution in [-0.4, -0.2) is 116 Å². The lowest BCUT2D eigenvalue weighted by molar-refractivity contribution is -0.151. The Labute approximate surface area is 559 Å². The number of hydrogen-bond acceptors (Lipinski definition) is 15. The first-order valence-corrected chi connectivity index (χ1v) is 31.8. The first-order valence-electron chi connectivity index (χ1n) is 31.0. The number of urea groups is 2. The summed E-state index contributed by atoms with van der Waals surface area (Å²) in [5.41, 5.74) is 1.78. The second-order valence-electron chi connectivity index (χ2n) is 25.8. The van der Waals surface area contributed by atoms with Gasteiger partial charge in [0.05, 0.1) is 17.3 Å². The summed E-state index contributed by atoms with van der Waals surface area (Å²) in [6.07, 6.45) is -1.88. The van der Waals surface area contributed by atoms with Crippen LogP contribution in [0.15, 0.2) is 103 Å². The number of anilines is 3. The van der Waals surface area contributed by atoms with E-state index in [1.165, 1.54) is 69.9 Å². The minimum atomic E-state index is -2.09. The van der Waals surface area contributed by atoms with Crippen molar-refractivity contribution in [2.75, 3.05) is 22.6 Å².